The summed E-state index contributed by atoms with van der Waals surface area (Å²) < 4.78 is 5.30. The van der Waals surface area contributed by atoms with E-state index in [0.717, 1.165) is 38.1 Å². The van der Waals surface area contributed by atoms with Crippen molar-refractivity contribution >= 4 is 34.8 Å². The quantitative estimate of drug-likeness (QED) is 0.482. The third-order valence-corrected chi connectivity index (χ3v) is 4.49. The van der Waals surface area contributed by atoms with Gasteiger partial charge in [0.05, 0.1) is 6.42 Å². The second-order valence-electron chi connectivity index (χ2n) is 6.81. The SMILES string of the molecule is C/C(CC(=O)N1CCCC1)=N\NC(=O)COc1ccc(Cl)cc1.CC/C(C)=N/NC. The van der Waals surface area contributed by atoms with Crippen LogP contribution < -0.4 is 15.6 Å². The van der Waals surface area contributed by atoms with Gasteiger partial charge in [0.1, 0.15) is 5.75 Å². The van der Waals surface area contributed by atoms with Crippen LogP contribution in [0.3, 0.4) is 0 Å². The number of hydrogen-bond acceptors (Lipinski definition) is 6. The molecule has 1 saturated heterocycles. The van der Waals surface area contributed by atoms with E-state index in [1.54, 1.807) is 38.2 Å². The number of hydrogen-bond donors (Lipinski definition) is 2. The maximum Gasteiger partial charge on any atom is 0.277 e. The molecule has 0 saturated carbocycles. The lowest BCUT2D eigenvalue weighted by atomic mass is 10.3. The van der Waals surface area contributed by atoms with Crippen LogP contribution in [0.15, 0.2) is 34.5 Å². The zero-order valence-corrected chi connectivity index (χ0v) is 19.0. The van der Waals surface area contributed by atoms with Crippen LogP contribution in [0.1, 0.15) is 46.5 Å². The number of carbonyl (C=O) groups excluding carboxylic acids is 2. The number of rotatable bonds is 8. The molecule has 1 aromatic rings. The number of likely N-dealkylation sites (tertiary alicyclic amines) is 1. The van der Waals surface area contributed by atoms with Crippen molar-refractivity contribution in [2.75, 3.05) is 26.7 Å². The number of nitrogens with zero attached hydrogens (tertiary/aromatic N) is 3. The summed E-state index contributed by atoms with van der Waals surface area (Å²) in [7, 11) is 1.80. The number of amides is 2. The van der Waals surface area contributed by atoms with Crippen LogP contribution in [0.5, 0.6) is 5.75 Å². The summed E-state index contributed by atoms with van der Waals surface area (Å²) in [6, 6.07) is 6.72. The minimum Gasteiger partial charge on any atom is -0.484 e. The van der Waals surface area contributed by atoms with Gasteiger partial charge in [-0.15, -0.1) is 0 Å². The molecule has 1 fully saturated rings. The highest BCUT2D eigenvalue weighted by atomic mass is 35.5. The van der Waals surface area contributed by atoms with Crippen LogP contribution >= 0.6 is 11.6 Å². The van der Waals surface area contributed by atoms with E-state index in [4.69, 9.17) is 16.3 Å². The van der Waals surface area contributed by atoms with Gasteiger partial charge < -0.3 is 15.1 Å². The van der Waals surface area contributed by atoms with Crippen molar-refractivity contribution in [3.8, 4) is 5.75 Å². The second kappa shape index (κ2) is 14.4. The number of halogens is 1. The smallest absolute Gasteiger partial charge is 0.277 e. The zero-order valence-electron chi connectivity index (χ0n) is 18.2. The summed E-state index contributed by atoms with van der Waals surface area (Å²) in [6.45, 7) is 7.26. The van der Waals surface area contributed by atoms with Crippen LogP contribution in [0.2, 0.25) is 5.02 Å². The molecule has 1 heterocycles. The van der Waals surface area contributed by atoms with E-state index in [2.05, 4.69) is 28.0 Å². The molecule has 8 nitrogen and oxygen atoms in total. The Morgan fingerprint density at radius 3 is 2.27 bits per heavy atom. The maximum absolute atomic E-state index is 11.9. The lowest BCUT2D eigenvalue weighted by Crippen LogP contribution is -2.30. The summed E-state index contributed by atoms with van der Waals surface area (Å²) in [4.78, 5) is 25.4. The molecule has 1 aliphatic heterocycles. The van der Waals surface area contributed by atoms with Crippen LogP contribution in [0, 0.1) is 0 Å². The fourth-order valence-corrected chi connectivity index (χ4v) is 2.60. The van der Waals surface area contributed by atoms with E-state index >= 15 is 0 Å². The molecule has 0 spiro atoms. The monoisotopic (exact) mass is 437 g/mol. The molecule has 9 heteroatoms. The highest BCUT2D eigenvalue weighted by Gasteiger charge is 2.18. The molecule has 0 aromatic heterocycles. The zero-order chi connectivity index (χ0) is 22.4. The van der Waals surface area contributed by atoms with E-state index in [1.165, 1.54) is 0 Å². The summed E-state index contributed by atoms with van der Waals surface area (Å²) in [6.07, 6.45) is 3.36. The topological polar surface area (TPSA) is 95.4 Å². The summed E-state index contributed by atoms with van der Waals surface area (Å²) in [5.74, 6) is 0.220. The van der Waals surface area contributed by atoms with Gasteiger partial charge in [-0.1, -0.05) is 18.5 Å². The van der Waals surface area contributed by atoms with Crippen molar-refractivity contribution in [3.63, 3.8) is 0 Å². The Labute approximate surface area is 183 Å². The first kappa shape index (κ1) is 25.4. The number of benzene rings is 1. The van der Waals surface area contributed by atoms with Crippen molar-refractivity contribution in [2.45, 2.75) is 46.5 Å². The maximum atomic E-state index is 11.9. The largest absolute Gasteiger partial charge is 0.484 e. The molecular weight excluding hydrogens is 406 g/mol. The van der Waals surface area contributed by atoms with E-state index in [0.29, 0.717) is 16.5 Å². The van der Waals surface area contributed by atoms with Crippen molar-refractivity contribution in [1.29, 1.82) is 0 Å². The number of carbonyl (C=O) groups is 2. The Bertz CT molecular complexity index is 729. The van der Waals surface area contributed by atoms with E-state index in [-0.39, 0.29) is 24.8 Å². The van der Waals surface area contributed by atoms with Gasteiger partial charge >= 0.3 is 0 Å². The van der Waals surface area contributed by atoms with Gasteiger partial charge in [-0.25, -0.2) is 5.43 Å². The van der Waals surface area contributed by atoms with Gasteiger partial charge in [-0.3, -0.25) is 9.59 Å². The molecule has 166 valence electrons. The Balaban J connectivity index is 0.000000553. The lowest BCUT2D eigenvalue weighted by molar-refractivity contribution is -0.129. The minimum absolute atomic E-state index is 0.0513. The second-order valence-corrected chi connectivity index (χ2v) is 7.25. The average Bonchev–Trinajstić information content (AvgIpc) is 3.27. The summed E-state index contributed by atoms with van der Waals surface area (Å²) >= 11 is 5.76. The van der Waals surface area contributed by atoms with Crippen LogP contribution in [-0.2, 0) is 9.59 Å². The number of ether oxygens (including phenoxy) is 1. The third-order valence-electron chi connectivity index (χ3n) is 4.24. The molecule has 0 bridgehead atoms. The van der Waals surface area contributed by atoms with E-state index in [9.17, 15) is 9.59 Å². The average molecular weight is 438 g/mol. The van der Waals surface area contributed by atoms with Gasteiger partial charge in [0, 0.05) is 36.6 Å². The van der Waals surface area contributed by atoms with Crippen molar-refractivity contribution in [3.05, 3.63) is 29.3 Å². The van der Waals surface area contributed by atoms with Gasteiger partial charge in [-0.05, 0) is 57.4 Å². The fraction of sp³-hybridized carbons (Fsp3) is 0.524. The molecular formula is C21H32ClN5O3. The Hall–Kier alpha value is -2.61. The fourth-order valence-electron chi connectivity index (χ4n) is 2.48. The molecule has 2 N–H and O–H groups in total. The highest BCUT2D eigenvalue weighted by molar-refractivity contribution is 6.30. The van der Waals surface area contributed by atoms with Crippen LogP contribution in [0.25, 0.3) is 0 Å². The molecule has 0 unspecified atom stereocenters. The van der Waals surface area contributed by atoms with Gasteiger partial charge in [0.25, 0.3) is 5.91 Å². The predicted molar refractivity (Wildman–Crippen MR) is 121 cm³/mol. The molecule has 0 atom stereocenters. The Morgan fingerprint density at radius 2 is 1.73 bits per heavy atom. The third kappa shape index (κ3) is 10.8. The first-order chi connectivity index (χ1) is 14.3. The van der Waals surface area contributed by atoms with Crippen molar-refractivity contribution in [2.24, 2.45) is 10.2 Å². The predicted octanol–water partition coefficient (Wildman–Crippen LogP) is 3.22. The molecule has 0 radical (unpaired) electrons. The van der Waals surface area contributed by atoms with Crippen molar-refractivity contribution in [1.82, 2.24) is 15.8 Å². The van der Waals surface area contributed by atoms with Crippen LogP contribution in [-0.4, -0.2) is 54.9 Å². The first-order valence-electron chi connectivity index (χ1n) is 10.0. The van der Waals surface area contributed by atoms with Gasteiger partial charge in [0.2, 0.25) is 5.91 Å². The molecule has 1 aliphatic rings. The Morgan fingerprint density at radius 1 is 1.10 bits per heavy atom. The lowest BCUT2D eigenvalue weighted by Gasteiger charge is -2.14. The minimum atomic E-state index is -0.382. The van der Waals surface area contributed by atoms with Crippen molar-refractivity contribution < 1.29 is 14.3 Å². The molecule has 2 rings (SSSR count). The normalized spacial score (nSPS) is 14.0. The number of hydrazone groups is 2. The molecule has 2 amide bonds. The van der Waals surface area contributed by atoms with E-state index in [1.807, 2.05) is 11.8 Å². The molecule has 0 aliphatic carbocycles. The molecule has 30 heavy (non-hydrogen) atoms. The standard InChI is InChI=1S/C16H20ClN3O3.C5H12N2/c1-12(10-16(22)20-8-2-3-9-20)18-19-15(21)11-23-14-6-4-13(17)5-7-14;1-4-5(2)7-6-3/h4-7H,2-3,8-11H2,1H3,(H,19,21);6H,4H2,1-3H3/b18-12+;7-5+. The molecule has 1 aromatic carbocycles. The first-order valence-corrected chi connectivity index (χ1v) is 10.4. The summed E-state index contributed by atoms with van der Waals surface area (Å²) in [5.41, 5.74) is 6.81. The number of nitrogens with one attached hydrogen (secondary N) is 2. The summed E-state index contributed by atoms with van der Waals surface area (Å²) in [5, 5.41) is 8.44. The Kier molecular flexibility index (Phi) is 12.2. The highest BCUT2D eigenvalue weighted by Crippen LogP contribution is 2.15. The van der Waals surface area contributed by atoms with Crippen LogP contribution in [0.4, 0.5) is 0 Å². The van der Waals surface area contributed by atoms with Gasteiger partial charge in [0.15, 0.2) is 6.61 Å². The van der Waals surface area contributed by atoms with Gasteiger partial charge in [-0.2, -0.15) is 10.2 Å². The van der Waals surface area contributed by atoms with E-state index < -0.39 is 0 Å².